The molecule has 0 radical (unpaired) electrons. The Morgan fingerprint density at radius 3 is 2.44 bits per heavy atom. The van der Waals surface area contributed by atoms with Gasteiger partial charge in [0.25, 0.3) is 0 Å². The van der Waals surface area contributed by atoms with Gasteiger partial charge < -0.3 is 4.74 Å². The average molecular weight is 373 g/mol. The maximum Gasteiger partial charge on any atom is 0.573 e. The highest BCUT2D eigenvalue weighted by atomic mass is 35.5. The molecule has 3 rings (SSSR count). The van der Waals surface area contributed by atoms with Crippen molar-refractivity contribution in [3.8, 4) is 5.75 Å². The molecule has 25 heavy (non-hydrogen) atoms. The summed E-state index contributed by atoms with van der Waals surface area (Å²) in [5.74, 6) is -1.39. The molecule has 1 heterocycles. The molecule has 1 aliphatic heterocycles. The topological polar surface area (TPSA) is 34.0 Å². The second kappa shape index (κ2) is 6.63. The van der Waals surface area contributed by atoms with Crippen LogP contribution in [0.15, 0.2) is 46.6 Å². The number of benzene rings is 2. The fraction of sp³-hybridized carbons (Fsp3) is 0.294. The summed E-state index contributed by atoms with van der Waals surface area (Å²) in [5, 5.41) is 8.83. The SMILES string of the molecule is CC1Cc2c(F)cc(OC(F)(F)F)cc2C(c2ccc(Cl)cc2)N=N1. The summed E-state index contributed by atoms with van der Waals surface area (Å²) in [6, 6.07) is 7.51. The zero-order valence-corrected chi connectivity index (χ0v) is 13.8. The Kier molecular flexibility index (Phi) is 4.69. The number of ether oxygens (including phenoxy) is 1. The summed E-state index contributed by atoms with van der Waals surface area (Å²) < 4.78 is 55.9. The molecule has 8 heteroatoms. The highest BCUT2D eigenvalue weighted by Crippen LogP contribution is 2.38. The van der Waals surface area contributed by atoms with Crippen molar-refractivity contribution in [2.24, 2.45) is 10.2 Å². The van der Waals surface area contributed by atoms with Crippen molar-refractivity contribution < 1.29 is 22.3 Å². The molecule has 2 atom stereocenters. The third-order valence-corrected chi connectivity index (χ3v) is 4.05. The minimum atomic E-state index is -4.91. The first kappa shape index (κ1) is 17.7. The van der Waals surface area contributed by atoms with Gasteiger partial charge in [0.1, 0.15) is 17.6 Å². The summed E-state index contributed by atoms with van der Waals surface area (Å²) in [7, 11) is 0. The lowest BCUT2D eigenvalue weighted by atomic mass is 9.92. The molecule has 0 aromatic heterocycles. The highest BCUT2D eigenvalue weighted by Gasteiger charge is 2.33. The summed E-state index contributed by atoms with van der Waals surface area (Å²) in [6.07, 6.45) is -4.67. The second-order valence-corrected chi connectivity index (χ2v) is 6.20. The molecule has 0 aliphatic carbocycles. The first-order valence-corrected chi connectivity index (χ1v) is 7.84. The van der Waals surface area contributed by atoms with Crippen LogP contribution in [0.25, 0.3) is 0 Å². The van der Waals surface area contributed by atoms with E-state index < -0.39 is 24.0 Å². The van der Waals surface area contributed by atoms with Crippen molar-refractivity contribution in [3.63, 3.8) is 0 Å². The maximum atomic E-state index is 14.5. The molecule has 2 aromatic carbocycles. The van der Waals surface area contributed by atoms with E-state index in [0.29, 0.717) is 16.1 Å². The molecule has 2 unspecified atom stereocenters. The molecule has 0 saturated carbocycles. The summed E-state index contributed by atoms with van der Waals surface area (Å²) in [5.41, 5.74) is 1.23. The van der Waals surface area contributed by atoms with E-state index >= 15 is 0 Å². The maximum absolute atomic E-state index is 14.5. The van der Waals surface area contributed by atoms with Gasteiger partial charge >= 0.3 is 6.36 Å². The largest absolute Gasteiger partial charge is 0.573 e. The third-order valence-electron chi connectivity index (χ3n) is 3.80. The van der Waals surface area contributed by atoms with E-state index in [-0.39, 0.29) is 18.0 Å². The minimum absolute atomic E-state index is 0.237. The molecule has 0 amide bonds. The van der Waals surface area contributed by atoms with Crippen molar-refractivity contribution in [2.75, 3.05) is 0 Å². The van der Waals surface area contributed by atoms with Gasteiger partial charge in [-0.3, -0.25) is 0 Å². The van der Waals surface area contributed by atoms with E-state index in [0.717, 1.165) is 6.07 Å². The highest BCUT2D eigenvalue weighted by molar-refractivity contribution is 6.30. The number of hydrogen-bond acceptors (Lipinski definition) is 3. The van der Waals surface area contributed by atoms with Gasteiger partial charge in [0, 0.05) is 11.1 Å². The van der Waals surface area contributed by atoms with Gasteiger partial charge in [-0.25, -0.2) is 4.39 Å². The van der Waals surface area contributed by atoms with Crippen molar-refractivity contribution in [3.05, 3.63) is 63.9 Å². The zero-order valence-electron chi connectivity index (χ0n) is 13.0. The third kappa shape index (κ3) is 4.10. The Hall–Kier alpha value is -2.15. The molecule has 0 spiro atoms. The lowest BCUT2D eigenvalue weighted by Gasteiger charge is -2.18. The van der Waals surface area contributed by atoms with Gasteiger partial charge in [-0.15, -0.1) is 13.2 Å². The lowest BCUT2D eigenvalue weighted by molar-refractivity contribution is -0.274. The van der Waals surface area contributed by atoms with Crippen LogP contribution in [0, 0.1) is 5.82 Å². The van der Waals surface area contributed by atoms with Gasteiger partial charge in [0.2, 0.25) is 0 Å². The van der Waals surface area contributed by atoms with E-state index in [2.05, 4.69) is 15.0 Å². The predicted octanol–water partition coefficient (Wildman–Crippen LogP) is 5.86. The molecule has 1 aliphatic rings. The van der Waals surface area contributed by atoms with Gasteiger partial charge in [-0.2, -0.15) is 10.2 Å². The van der Waals surface area contributed by atoms with E-state index in [1.165, 1.54) is 6.07 Å². The Labute approximate surface area is 146 Å². The van der Waals surface area contributed by atoms with Crippen LogP contribution in [0.3, 0.4) is 0 Å². The molecule has 3 nitrogen and oxygen atoms in total. The van der Waals surface area contributed by atoms with E-state index in [1.807, 2.05) is 0 Å². The normalized spacial score (nSPS) is 20.1. The van der Waals surface area contributed by atoms with E-state index in [1.54, 1.807) is 31.2 Å². The molecule has 0 fully saturated rings. The standard InChI is InChI=1S/C17H13ClF4N2O/c1-9-6-13-14(7-12(8-15(13)19)25-17(20,21)22)16(24-23-9)10-2-4-11(18)5-3-10/h2-5,7-9,16H,6H2,1H3. The average Bonchev–Trinajstić information content (AvgIpc) is 2.66. The lowest BCUT2D eigenvalue weighted by Crippen LogP contribution is -2.18. The van der Waals surface area contributed by atoms with Crippen LogP contribution in [-0.4, -0.2) is 12.4 Å². The quantitative estimate of drug-likeness (QED) is 0.607. The number of azo groups is 1. The number of alkyl halides is 3. The Morgan fingerprint density at radius 2 is 1.80 bits per heavy atom. The van der Waals surface area contributed by atoms with Gasteiger partial charge in [-0.05, 0) is 48.2 Å². The first-order chi connectivity index (χ1) is 11.7. The van der Waals surface area contributed by atoms with E-state index in [9.17, 15) is 17.6 Å². The van der Waals surface area contributed by atoms with Crippen molar-refractivity contribution in [1.29, 1.82) is 0 Å². The summed E-state index contributed by atoms with van der Waals surface area (Å²) in [6.45, 7) is 1.76. The first-order valence-electron chi connectivity index (χ1n) is 7.46. The Morgan fingerprint density at radius 1 is 1.12 bits per heavy atom. The predicted molar refractivity (Wildman–Crippen MR) is 84.4 cm³/mol. The zero-order chi connectivity index (χ0) is 18.2. The number of halogens is 5. The van der Waals surface area contributed by atoms with Crippen LogP contribution in [-0.2, 0) is 6.42 Å². The molecule has 132 valence electrons. The van der Waals surface area contributed by atoms with Crippen molar-refractivity contribution >= 4 is 11.6 Å². The Balaban J connectivity index is 2.12. The van der Waals surface area contributed by atoms with Crippen LogP contribution in [0.5, 0.6) is 5.75 Å². The van der Waals surface area contributed by atoms with Gasteiger partial charge in [0.05, 0.1) is 6.04 Å². The molecule has 0 saturated heterocycles. The van der Waals surface area contributed by atoms with Crippen LogP contribution < -0.4 is 4.74 Å². The number of hydrogen-bond donors (Lipinski definition) is 0. The smallest absolute Gasteiger partial charge is 0.406 e. The molecule has 2 aromatic rings. The number of rotatable bonds is 2. The molecular formula is C17H13ClF4N2O. The van der Waals surface area contributed by atoms with Gasteiger partial charge in [0.15, 0.2) is 0 Å². The van der Waals surface area contributed by atoms with Crippen LogP contribution >= 0.6 is 11.6 Å². The van der Waals surface area contributed by atoms with Crippen molar-refractivity contribution in [1.82, 2.24) is 0 Å². The number of nitrogens with zero attached hydrogens (tertiary/aromatic N) is 2. The summed E-state index contributed by atoms with van der Waals surface area (Å²) in [4.78, 5) is 0. The van der Waals surface area contributed by atoms with Crippen molar-refractivity contribution in [2.45, 2.75) is 31.8 Å². The van der Waals surface area contributed by atoms with Crippen LogP contribution in [0.4, 0.5) is 17.6 Å². The minimum Gasteiger partial charge on any atom is -0.406 e. The van der Waals surface area contributed by atoms with Crippen LogP contribution in [0.1, 0.15) is 29.7 Å². The molecule has 0 bridgehead atoms. The Bertz CT molecular complexity index is 806. The van der Waals surface area contributed by atoms with E-state index in [4.69, 9.17) is 11.6 Å². The fourth-order valence-corrected chi connectivity index (χ4v) is 2.88. The monoisotopic (exact) mass is 372 g/mol. The molecule has 0 N–H and O–H groups in total. The van der Waals surface area contributed by atoms with Crippen LogP contribution in [0.2, 0.25) is 5.02 Å². The molecular weight excluding hydrogens is 360 g/mol. The number of fused-ring (bicyclic) bond motifs is 1. The summed E-state index contributed by atoms with van der Waals surface area (Å²) >= 11 is 5.87. The van der Waals surface area contributed by atoms with Gasteiger partial charge in [-0.1, -0.05) is 23.7 Å². The second-order valence-electron chi connectivity index (χ2n) is 5.76. The fourth-order valence-electron chi connectivity index (χ4n) is 2.75.